The van der Waals surface area contributed by atoms with Crippen molar-refractivity contribution >= 4 is 48.3 Å². The molecule has 0 saturated heterocycles. The van der Waals surface area contributed by atoms with Crippen molar-refractivity contribution in [1.29, 1.82) is 0 Å². The molecule has 0 heterocycles. The fourth-order valence-electron chi connectivity index (χ4n) is 1.81. The molecule has 5 heteroatoms. The second kappa shape index (κ2) is 5.70. The summed E-state index contributed by atoms with van der Waals surface area (Å²) in [4.78, 5) is 0. The highest BCUT2D eigenvalue weighted by atomic mass is 28.4. The Morgan fingerprint density at radius 2 is 1.50 bits per heavy atom. The van der Waals surface area contributed by atoms with E-state index in [1.807, 2.05) is 0 Å². The maximum absolute atomic E-state index is 2.51. The average molecular weight is 223 g/mol. The zero-order valence-electron chi connectivity index (χ0n) is 8.04. The molecule has 0 aliphatic rings. The molecular formula is C5H22Si5. The number of rotatable bonds is 5. The van der Waals surface area contributed by atoms with Gasteiger partial charge < -0.3 is 0 Å². The fourth-order valence-corrected chi connectivity index (χ4v) is 39.3. The molecule has 0 radical (unpaired) electrons. The van der Waals surface area contributed by atoms with Gasteiger partial charge in [-0.05, 0) is 30.7 Å². The summed E-state index contributed by atoms with van der Waals surface area (Å²) in [6.07, 6.45) is 0. The molecule has 0 nitrogen and oxygen atoms in total. The first-order chi connectivity index (χ1) is 4.74. The molecule has 0 saturated carbocycles. The van der Waals surface area contributed by atoms with Crippen LogP contribution < -0.4 is 0 Å². The van der Waals surface area contributed by atoms with Crippen LogP contribution in [0.3, 0.4) is 0 Å². The van der Waals surface area contributed by atoms with E-state index in [4.69, 9.17) is 0 Å². The van der Waals surface area contributed by atoms with Crippen molar-refractivity contribution in [3.8, 4) is 0 Å². The zero-order chi connectivity index (χ0) is 8.04. The van der Waals surface area contributed by atoms with Crippen LogP contribution in [0, 0.1) is 0 Å². The summed E-state index contributed by atoms with van der Waals surface area (Å²) >= 11 is 0. The molecule has 0 fully saturated rings. The molecular weight excluding hydrogens is 200 g/mol. The van der Waals surface area contributed by atoms with Crippen LogP contribution in [0.2, 0.25) is 29.2 Å². The Kier molecular flexibility index (Phi) is 6.32. The Balaban J connectivity index is 3.87. The molecule has 0 spiro atoms. The van der Waals surface area contributed by atoms with E-state index in [1.165, 1.54) is 30.7 Å². The summed E-state index contributed by atoms with van der Waals surface area (Å²) in [5.41, 5.74) is 7.01. The van der Waals surface area contributed by atoms with Crippen LogP contribution in [0.25, 0.3) is 0 Å². The Hall–Kier alpha value is 1.08. The third-order valence-corrected chi connectivity index (χ3v) is 27.3. The van der Waals surface area contributed by atoms with E-state index in [0.717, 1.165) is 0 Å². The minimum atomic E-state index is -0.470. The van der Waals surface area contributed by atoms with Gasteiger partial charge in [-0.25, -0.2) is 0 Å². The van der Waals surface area contributed by atoms with E-state index in [1.54, 1.807) is 22.7 Å². The van der Waals surface area contributed by atoms with Gasteiger partial charge in [-0.1, -0.05) is 29.2 Å². The molecule has 0 unspecified atom stereocenters. The fraction of sp³-hybridized carbons (Fsp3) is 1.00. The molecule has 0 aromatic carbocycles. The lowest BCUT2D eigenvalue weighted by Crippen LogP contribution is -2.35. The van der Waals surface area contributed by atoms with Crippen molar-refractivity contribution in [2.45, 2.75) is 29.2 Å². The van der Waals surface area contributed by atoms with Crippen LogP contribution in [-0.4, -0.2) is 48.3 Å². The third-order valence-electron chi connectivity index (χ3n) is 3.03. The maximum atomic E-state index is 2.51. The van der Waals surface area contributed by atoms with Gasteiger partial charge in [0, 0.05) is 17.6 Å². The topological polar surface area (TPSA) is 0 Å². The second-order valence-corrected chi connectivity index (χ2v) is 17.8. The van der Waals surface area contributed by atoms with Crippen molar-refractivity contribution < 1.29 is 0 Å². The van der Waals surface area contributed by atoms with Crippen LogP contribution in [0.4, 0.5) is 0 Å². The van der Waals surface area contributed by atoms with Gasteiger partial charge in [0.15, 0.2) is 0 Å². The third kappa shape index (κ3) is 2.99. The first kappa shape index (κ1) is 11.1. The quantitative estimate of drug-likeness (QED) is 0.455. The van der Waals surface area contributed by atoms with Gasteiger partial charge in [-0.2, -0.15) is 0 Å². The van der Waals surface area contributed by atoms with E-state index < -0.39 is 8.07 Å². The van der Waals surface area contributed by atoms with E-state index >= 15 is 0 Å². The van der Waals surface area contributed by atoms with E-state index in [-0.39, 0.29) is 0 Å². The first-order valence-corrected chi connectivity index (χ1v) is 14.2. The van der Waals surface area contributed by atoms with Gasteiger partial charge in [-0.15, -0.1) is 0 Å². The lowest BCUT2D eigenvalue weighted by molar-refractivity contribution is 1.50. The van der Waals surface area contributed by atoms with Crippen LogP contribution in [0.15, 0.2) is 0 Å². The predicted molar refractivity (Wildman–Crippen MR) is 69.2 cm³/mol. The van der Waals surface area contributed by atoms with Crippen molar-refractivity contribution in [2.75, 3.05) is 0 Å². The summed E-state index contributed by atoms with van der Waals surface area (Å²) < 4.78 is 0. The number of hydrogen-bond acceptors (Lipinski definition) is 0. The van der Waals surface area contributed by atoms with Crippen LogP contribution in [-0.2, 0) is 0 Å². The number of hydrogen-bond donors (Lipinski definition) is 0. The lowest BCUT2D eigenvalue weighted by Gasteiger charge is -2.27. The van der Waals surface area contributed by atoms with E-state index in [0.29, 0.717) is 9.52 Å². The Labute approximate surface area is 77.7 Å². The average Bonchev–Trinajstić information content (AvgIpc) is 2.01. The molecule has 0 aliphatic heterocycles. The molecule has 0 rings (SSSR count). The van der Waals surface area contributed by atoms with Crippen LogP contribution in [0.1, 0.15) is 0 Å². The maximum Gasteiger partial charge on any atom is 0.0402 e. The van der Waals surface area contributed by atoms with E-state index in [2.05, 4.69) is 6.55 Å². The smallest absolute Gasteiger partial charge is 0.0402 e. The Morgan fingerprint density at radius 1 is 1.10 bits per heavy atom. The van der Waals surface area contributed by atoms with Crippen molar-refractivity contribution in [2.24, 2.45) is 0 Å². The highest BCUT2D eigenvalue weighted by Gasteiger charge is 2.24. The van der Waals surface area contributed by atoms with Crippen molar-refractivity contribution in [3.63, 3.8) is 0 Å². The molecule has 0 bridgehead atoms. The monoisotopic (exact) mass is 222 g/mol. The lowest BCUT2D eigenvalue weighted by atomic mass is 11.7. The molecule has 0 aliphatic carbocycles. The molecule has 0 N–H and O–H groups in total. The van der Waals surface area contributed by atoms with E-state index in [9.17, 15) is 0 Å². The van der Waals surface area contributed by atoms with Gasteiger partial charge in [0.2, 0.25) is 0 Å². The second-order valence-electron chi connectivity index (χ2n) is 3.31. The molecule has 0 aromatic heterocycles. The Morgan fingerprint density at radius 3 is 1.60 bits per heavy atom. The largest absolute Gasteiger partial charge is 0.0750 e. The van der Waals surface area contributed by atoms with Gasteiger partial charge >= 0.3 is 0 Å². The highest BCUT2D eigenvalue weighted by Crippen LogP contribution is 2.19. The molecule has 0 amide bonds. The predicted octanol–water partition coefficient (Wildman–Crippen LogP) is -2.42. The van der Waals surface area contributed by atoms with Gasteiger partial charge in [-0.3, -0.25) is 0 Å². The van der Waals surface area contributed by atoms with Crippen molar-refractivity contribution in [3.05, 3.63) is 0 Å². The SMILES string of the molecule is C[SiH2]C[Si](C[SiH3])(C[SiH3])C[SiH3]. The van der Waals surface area contributed by atoms with Crippen LogP contribution in [0.5, 0.6) is 0 Å². The summed E-state index contributed by atoms with van der Waals surface area (Å²) in [5, 5.41) is 0. The minimum absolute atomic E-state index is 0.405. The molecule has 0 atom stereocenters. The normalized spacial score (nSPS) is 18.9. The van der Waals surface area contributed by atoms with Gasteiger partial charge in [0.1, 0.15) is 0 Å². The van der Waals surface area contributed by atoms with Gasteiger partial charge in [0.05, 0.1) is 0 Å². The Bertz CT molecular complexity index is 71.8. The summed E-state index contributed by atoms with van der Waals surface area (Å²) in [6, 6.07) is 0. The first-order valence-electron chi connectivity index (χ1n) is 4.74. The van der Waals surface area contributed by atoms with Gasteiger partial charge in [0.25, 0.3) is 0 Å². The summed E-state index contributed by atoms with van der Waals surface area (Å²) in [6.45, 7) is 2.51. The van der Waals surface area contributed by atoms with Crippen LogP contribution >= 0.6 is 0 Å². The molecule has 0 aromatic rings. The standard InChI is InChI=1S/C5H22Si5/c1-9-5-10(2-6,3-7)4-8/h2-5,9H2,1,6-8H3. The summed E-state index contributed by atoms with van der Waals surface area (Å²) in [5.74, 6) is 0. The minimum Gasteiger partial charge on any atom is -0.0750 e. The highest BCUT2D eigenvalue weighted by molar-refractivity contribution is 6.95. The molecule has 62 valence electrons. The molecule has 10 heavy (non-hydrogen) atoms. The summed E-state index contributed by atoms with van der Waals surface area (Å²) in [7, 11) is 4.46. The van der Waals surface area contributed by atoms with Crippen molar-refractivity contribution in [1.82, 2.24) is 0 Å². The zero-order valence-corrected chi connectivity index (χ0v) is 16.4.